The highest BCUT2D eigenvalue weighted by atomic mass is 35.5. The molecule has 0 spiro atoms. The van der Waals surface area contributed by atoms with Crippen LogP contribution in [0.4, 0.5) is 5.82 Å². The van der Waals surface area contributed by atoms with Gasteiger partial charge in [-0.15, -0.1) is 0 Å². The van der Waals surface area contributed by atoms with Crippen LogP contribution in [0.3, 0.4) is 0 Å². The molecule has 0 bridgehead atoms. The van der Waals surface area contributed by atoms with Crippen molar-refractivity contribution in [3.63, 3.8) is 0 Å². The van der Waals surface area contributed by atoms with Gasteiger partial charge in [0.15, 0.2) is 17.3 Å². The Kier molecular flexibility index (Phi) is 7.62. The van der Waals surface area contributed by atoms with Crippen LogP contribution in [0.1, 0.15) is 24.3 Å². The van der Waals surface area contributed by atoms with Crippen molar-refractivity contribution in [1.29, 1.82) is 0 Å². The van der Waals surface area contributed by atoms with E-state index in [4.69, 9.17) is 48.2 Å². The zero-order valence-electron chi connectivity index (χ0n) is 22.7. The molecule has 10 heteroatoms. The number of fused-ring (bicyclic) bond motifs is 1. The molecule has 210 valence electrons. The van der Waals surface area contributed by atoms with Crippen molar-refractivity contribution >= 4 is 34.5 Å². The maximum atomic E-state index is 6.58. The summed E-state index contributed by atoms with van der Waals surface area (Å²) in [6.45, 7) is 1.85. The highest BCUT2D eigenvalue weighted by Gasteiger charge is 2.30. The summed E-state index contributed by atoms with van der Waals surface area (Å²) < 4.78 is 19.4. The van der Waals surface area contributed by atoms with Gasteiger partial charge >= 0.3 is 0 Å². The molecule has 0 atom stereocenters. The summed E-state index contributed by atoms with van der Waals surface area (Å²) in [5, 5.41) is 9.05. The quantitative estimate of drug-likeness (QED) is 0.207. The minimum absolute atomic E-state index is 0.270. The van der Waals surface area contributed by atoms with E-state index >= 15 is 0 Å². The number of nitrogens with one attached hydrogen (secondary N) is 1. The Morgan fingerprint density at radius 3 is 2.46 bits per heavy atom. The SMILES string of the molecule is COc1cccc(-c2c(C3CCNCC3)c(-c3ccc(Oc4ccc(Cl)c(Cl)c4)c(OC)c3)c3c(N)ncnn23)c1. The lowest BCUT2D eigenvalue weighted by molar-refractivity contribution is 0.379. The van der Waals surface area contributed by atoms with E-state index in [1.807, 2.05) is 40.9 Å². The number of hydrogen-bond donors (Lipinski definition) is 2. The summed E-state index contributed by atoms with van der Waals surface area (Å²) >= 11 is 12.3. The first-order chi connectivity index (χ1) is 20.0. The van der Waals surface area contributed by atoms with Crippen LogP contribution in [0.2, 0.25) is 10.0 Å². The second-order valence-corrected chi connectivity index (χ2v) is 10.7. The third kappa shape index (κ3) is 5.14. The van der Waals surface area contributed by atoms with Crippen molar-refractivity contribution in [2.75, 3.05) is 33.0 Å². The molecule has 3 N–H and O–H groups in total. The van der Waals surface area contributed by atoms with E-state index in [0.29, 0.717) is 33.1 Å². The molecule has 0 aliphatic carbocycles. The zero-order valence-corrected chi connectivity index (χ0v) is 24.2. The first-order valence-electron chi connectivity index (χ1n) is 13.3. The predicted octanol–water partition coefficient (Wildman–Crippen LogP) is 7.23. The molecular formula is C31H29Cl2N5O3. The number of methoxy groups -OCH3 is 2. The molecule has 1 saturated heterocycles. The second-order valence-electron chi connectivity index (χ2n) is 9.84. The lowest BCUT2D eigenvalue weighted by Crippen LogP contribution is -2.27. The molecule has 0 unspecified atom stereocenters. The molecule has 0 radical (unpaired) electrons. The number of halogens is 2. The number of nitrogen functional groups attached to an aromatic ring is 1. The summed E-state index contributed by atoms with van der Waals surface area (Å²) in [7, 11) is 3.29. The van der Waals surface area contributed by atoms with E-state index in [1.165, 1.54) is 11.9 Å². The Morgan fingerprint density at radius 1 is 0.878 bits per heavy atom. The third-order valence-corrected chi connectivity index (χ3v) is 8.19. The van der Waals surface area contributed by atoms with Gasteiger partial charge in [0.25, 0.3) is 0 Å². The molecule has 41 heavy (non-hydrogen) atoms. The van der Waals surface area contributed by atoms with E-state index in [1.54, 1.807) is 32.4 Å². The van der Waals surface area contributed by atoms with Crippen LogP contribution in [-0.4, -0.2) is 41.9 Å². The molecule has 3 heterocycles. The normalized spacial score (nSPS) is 13.9. The van der Waals surface area contributed by atoms with Crippen molar-refractivity contribution in [3.8, 4) is 45.4 Å². The highest BCUT2D eigenvalue weighted by Crippen LogP contribution is 2.48. The van der Waals surface area contributed by atoms with Gasteiger partial charge < -0.3 is 25.3 Å². The van der Waals surface area contributed by atoms with Crippen LogP contribution in [0.5, 0.6) is 23.0 Å². The summed E-state index contributed by atoms with van der Waals surface area (Å²) in [6, 6.07) is 19.0. The van der Waals surface area contributed by atoms with E-state index in [0.717, 1.165) is 59.6 Å². The molecular weight excluding hydrogens is 561 g/mol. The largest absolute Gasteiger partial charge is 0.497 e. The van der Waals surface area contributed by atoms with Gasteiger partial charge in [-0.25, -0.2) is 9.50 Å². The molecule has 3 aromatic carbocycles. The zero-order chi connectivity index (χ0) is 28.5. The first-order valence-corrected chi connectivity index (χ1v) is 14.1. The minimum Gasteiger partial charge on any atom is -0.497 e. The number of nitrogens with zero attached hydrogens (tertiary/aromatic N) is 3. The lowest BCUT2D eigenvalue weighted by Gasteiger charge is -2.25. The van der Waals surface area contributed by atoms with E-state index < -0.39 is 0 Å². The maximum absolute atomic E-state index is 6.58. The van der Waals surface area contributed by atoms with Gasteiger partial charge in [-0.05, 0) is 79.4 Å². The summed E-state index contributed by atoms with van der Waals surface area (Å²) in [6.07, 6.45) is 3.45. The molecule has 8 nitrogen and oxygen atoms in total. The van der Waals surface area contributed by atoms with Gasteiger partial charge in [-0.3, -0.25) is 0 Å². The highest BCUT2D eigenvalue weighted by molar-refractivity contribution is 6.42. The summed E-state index contributed by atoms with van der Waals surface area (Å²) in [5.74, 6) is 3.08. The van der Waals surface area contributed by atoms with Crippen molar-refractivity contribution in [3.05, 3.63) is 82.6 Å². The molecule has 1 aliphatic heterocycles. The molecule has 1 fully saturated rings. The number of benzene rings is 3. The topological polar surface area (TPSA) is 95.9 Å². The van der Waals surface area contributed by atoms with Crippen LogP contribution >= 0.6 is 23.2 Å². The standard InChI is InChI=1S/C31H29Cl2N5O3/c1-39-21-5-3-4-20(14-21)29-27(18-10-12-35-13-11-18)28(30-31(34)36-17-37-38(29)30)19-6-9-25(26(15-19)40-2)41-22-7-8-23(32)24(33)16-22/h3-9,14-18,35H,10-13H2,1-2H3,(H2,34,36,37). The first kappa shape index (κ1) is 27.2. The third-order valence-electron chi connectivity index (χ3n) is 7.45. The fourth-order valence-corrected chi connectivity index (χ4v) is 5.84. The van der Waals surface area contributed by atoms with Crippen LogP contribution in [0.25, 0.3) is 27.9 Å². The monoisotopic (exact) mass is 589 g/mol. The van der Waals surface area contributed by atoms with Crippen LogP contribution in [0.15, 0.2) is 67.0 Å². The molecule has 1 aliphatic rings. The van der Waals surface area contributed by atoms with Gasteiger partial charge in [-0.2, -0.15) is 5.10 Å². The number of aromatic nitrogens is 3. The number of hydrogen-bond acceptors (Lipinski definition) is 7. The van der Waals surface area contributed by atoms with Gasteiger partial charge in [0.05, 0.1) is 30.0 Å². The fourth-order valence-electron chi connectivity index (χ4n) is 5.55. The Hall–Kier alpha value is -3.98. The number of piperidine rings is 1. The lowest BCUT2D eigenvalue weighted by atomic mass is 9.84. The average Bonchev–Trinajstić information content (AvgIpc) is 3.36. The van der Waals surface area contributed by atoms with Gasteiger partial charge in [0.2, 0.25) is 0 Å². The summed E-state index contributed by atoms with van der Waals surface area (Å²) in [4.78, 5) is 4.38. The second kappa shape index (κ2) is 11.5. The van der Waals surface area contributed by atoms with Crippen molar-refractivity contribution in [1.82, 2.24) is 19.9 Å². The molecule has 2 aromatic heterocycles. The molecule has 6 rings (SSSR count). The van der Waals surface area contributed by atoms with Crippen molar-refractivity contribution in [2.24, 2.45) is 0 Å². The van der Waals surface area contributed by atoms with E-state index in [-0.39, 0.29) is 5.92 Å². The Morgan fingerprint density at radius 2 is 1.71 bits per heavy atom. The number of ether oxygens (including phenoxy) is 3. The van der Waals surface area contributed by atoms with E-state index in [9.17, 15) is 0 Å². The Balaban J connectivity index is 1.57. The van der Waals surface area contributed by atoms with Crippen molar-refractivity contribution in [2.45, 2.75) is 18.8 Å². The van der Waals surface area contributed by atoms with E-state index in [2.05, 4.69) is 16.4 Å². The molecule has 0 saturated carbocycles. The number of nitrogens with two attached hydrogens (primary N) is 1. The minimum atomic E-state index is 0.270. The molecule has 0 amide bonds. The maximum Gasteiger partial charge on any atom is 0.169 e. The van der Waals surface area contributed by atoms with Crippen LogP contribution in [-0.2, 0) is 0 Å². The van der Waals surface area contributed by atoms with Crippen LogP contribution < -0.4 is 25.3 Å². The smallest absolute Gasteiger partial charge is 0.169 e. The van der Waals surface area contributed by atoms with Crippen LogP contribution in [0, 0.1) is 0 Å². The predicted molar refractivity (Wildman–Crippen MR) is 163 cm³/mol. The molecule has 5 aromatic rings. The summed E-state index contributed by atoms with van der Waals surface area (Å²) in [5.41, 5.74) is 12.4. The number of anilines is 1. The van der Waals surface area contributed by atoms with Crippen molar-refractivity contribution < 1.29 is 14.2 Å². The Labute approximate surface area is 248 Å². The average molecular weight is 591 g/mol. The fraction of sp³-hybridized carbons (Fsp3) is 0.226. The van der Waals surface area contributed by atoms with Gasteiger partial charge in [0, 0.05) is 17.2 Å². The number of rotatable bonds is 7. The van der Waals surface area contributed by atoms with Gasteiger partial charge in [0.1, 0.15) is 23.3 Å². The Bertz CT molecular complexity index is 1730. The van der Waals surface area contributed by atoms with Gasteiger partial charge in [-0.1, -0.05) is 41.4 Å².